The summed E-state index contributed by atoms with van der Waals surface area (Å²) in [7, 11) is 0. The van der Waals surface area contributed by atoms with Crippen LogP contribution in [0.1, 0.15) is 0 Å². The van der Waals surface area contributed by atoms with E-state index in [2.05, 4.69) is 20.3 Å². The van der Waals surface area contributed by atoms with E-state index in [1.54, 1.807) is 0 Å². The van der Waals surface area contributed by atoms with Gasteiger partial charge in [-0.2, -0.15) is 13.2 Å². The highest BCUT2D eigenvalue weighted by Crippen LogP contribution is 2.21. The van der Waals surface area contributed by atoms with Crippen molar-refractivity contribution in [1.82, 2.24) is 15.0 Å². The summed E-state index contributed by atoms with van der Waals surface area (Å²) in [6, 6.07) is 1.45. The van der Waals surface area contributed by atoms with E-state index in [9.17, 15) is 18.3 Å². The number of aromatic hydroxyl groups is 1. The van der Waals surface area contributed by atoms with Crippen LogP contribution in [0.5, 0.6) is 5.75 Å². The van der Waals surface area contributed by atoms with Gasteiger partial charge in [0.05, 0.1) is 6.20 Å². The van der Waals surface area contributed by atoms with E-state index in [4.69, 9.17) is 0 Å². The van der Waals surface area contributed by atoms with Gasteiger partial charge >= 0.3 is 6.18 Å². The summed E-state index contributed by atoms with van der Waals surface area (Å²) in [5, 5.41) is 11.3. The molecule has 0 radical (unpaired) electrons. The summed E-state index contributed by atoms with van der Waals surface area (Å²) >= 11 is 0. The molecule has 0 aromatic carbocycles. The molecule has 0 aliphatic heterocycles. The standard InChI is InChI=1S/C11H9F3N4O/c12-11(13,14)6-18-10-16-3-8(4-17-10)7-1-9(19)5-15-2-7/h1-5,19H,6H2,(H,16,17,18). The number of hydrogen-bond donors (Lipinski definition) is 2. The molecule has 0 bridgehead atoms. The van der Waals surface area contributed by atoms with E-state index in [1.165, 1.54) is 30.9 Å². The van der Waals surface area contributed by atoms with E-state index >= 15 is 0 Å². The molecular formula is C11H9F3N4O. The van der Waals surface area contributed by atoms with Crippen LogP contribution in [0.2, 0.25) is 0 Å². The predicted octanol–water partition coefficient (Wildman–Crippen LogP) is 2.22. The van der Waals surface area contributed by atoms with Crippen molar-refractivity contribution in [3.05, 3.63) is 30.9 Å². The summed E-state index contributed by atoms with van der Waals surface area (Å²) in [5.74, 6) is -0.133. The highest BCUT2D eigenvalue weighted by atomic mass is 19.4. The highest BCUT2D eigenvalue weighted by molar-refractivity contribution is 5.62. The van der Waals surface area contributed by atoms with Gasteiger partial charge in [0.25, 0.3) is 0 Å². The van der Waals surface area contributed by atoms with Crippen molar-refractivity contribution >= 4 is 5.95 Å². The molecule has 0 aliphatic carbocycles. The maximum atomic E-state index is 12.0. The number of aromatic nitrogens is 3. The first-order valence-corrected chi connectivity index (χ1v) is 5.21. The quantitative estimate of drug-likeness (QED) is 0.894. The smallest absolute Gasteiger partial charge is 0.405 e. The molecule has 0 unspecified atom stereocenters. The van der Waals surface area contributed by atoms with Crippen LogP contribution in [0.15, 0.2) is 30.9 Å². The second-order valence-corrected chi connectivity index (χ2v) is 3.70. The van der Waals surface area contributed by atoms with Crippen molar-refractivity contribution in [2.45, 2.75) is 6.18 Å². The lowest BCUT2D eigenvalue weighted by Gasteiger charge is -2.08. The Morgan fingerprint density at radius 3 is 2.32 bits per heavy atom. The van der Waals surface area contributed by atoms with Gasteiger partial charge in [-0.25, -0.2) is 9.97 Å². The lowest BCUT2D eigenvalue weighted by atomic mass is 10.1. The minimum Gasteiger partial charge on any atom is -0.506 e. The summed E-state index contributed by atoms with van der Waals surface area (Å²) in [4.78, 5) is 11.3. The molecule has 0 fully saturated rings. The average Bonchev–Trinajstić information content (AvgIpc) is 2.36. The van der Waals surface area contributed by atoms with Gasteiger partial charge < -0.3 is 10.4 Å². The minimum atomic E-state index is -4.32. The number of pyridine rings is 1. The largest absolute Gasteiger partial charge is 0.506 e. The monoisotopic (exact) mass is 270 g/mol. The summed E-state index contributed by atoms with van der Waals surface area (Å²) in [5.41, 5.74) is 1.11. The van der Waals surface area contributed by atoms with Gasteiger partial charge in [-0.1, -0.05) is 0 Å². The zero-order chi connectivity index (χ0) is 13.9. The number of nitrogens with zero attached hydrogens (tertiary/aromatic N) is 3. The second kappa shape index (κ2) is 5.09. The minimum absolute atomic E-state index is 0.0169. The van der Waals surface area contributed by atoms with E-state index in [0.29, 0.717) is 11.1 Å². The van der Waals surface area contributed by atoms with Gasteiger partial charge in [0, 0.05) is 29.7 Å². The first-order chi connectivity index (χ1) is 8.94. The molecule has 2 rings (SSSR count). The highest BCUT2D eigenvalue weighted by Gasteiger charge is 2.26. The molecule has 2 heterocycles. The number of hydrogen-bond acceptors (Lipinski definition) is 5. The van der Waals surface area contributed by atoms with E-state index < -0.39 is 12.7 Å². The molecule has 8 heteroatoms. The van der Waals surface area contributed by atoms with Crippen LogP contribution in [-0.2, 0) is 0 Å². The Morgan fingerprint density at radius 1 is 1.05 bits per heavy atom. The first-order valence-electron chi connectivity index (χ1n) is 5.21. The third-order valence-corrected chi connectivity index (χ3v) is 2.16. The third kappa shape index (κ3) is 3.80. The molecule has 0 amide bonds. The van der Waals surface area contributed by atoms with Gasteiger partial charge in [0.15, 0.2) is 0 Å². The number of rotatable bonds is 3. The Bertz CT molecular complexity index is 557. The molecule has 2 N–H and O–H groups in total. The Labute approximate surface area is 106 Å². The fourth-order valence-corrected chi connectivity index (χ4v) is 1.33. The van der Waals surface area contributed by atoms with Crippen LogP contribution in [0.4, 0.5) is 19.1 Å². The first kappa shape index (κ1) is 13.1. The van der Waals surface area contributed by atoms with Crippen molar-refractivity contribution < 1.29 is 18.3 Å². The molecule has 5 nitrogen and oxygen atoms in total. The maximum Gasteiger partial charge on any atom is 0.405 e. The van der Waals surface area contributed by atoms with Gasteiger partial charge in [-0.15, -0.1) is 0 Å². The zero-order valence-corrected chi connectivity index (χ0v) is 9.52. The molecule has 0 spiro atoms. The van der Waals surface area contributed by atoms with Crippen LogP contribution in [0.3, 0.4) is 0 Å². The topological polar surface area (TPSA) is 70.9 Å². The summed E-state index contributed by atoms with van der Waals surface area (Å²) < 4.78 is 35.9. The van der Waals surface area contributed by atoms with Gasteiger partial charge in [-0.05, 0) is 6.07 Å². The average molecular weight is 270 g/mol. The fourth-order valence-electron chi connectivity index (χ4n) is 1.33. The number of alkyl halides is 3. The molecule has 0 saturated heterocycles. The number of halogens is 3. The molecule has 0 saturated carbocycles. The van der Waals surface area contributed by atoms with Crippen molar-refractivity contribution in [2.75, 3.05) is 11.9 Å². The summed E-state index contributed by atoms with van der Waals surface area (Å²) in [6.45, 7) is -1.19. The van der Waals surface area contributed by atoms with Gasteiger partial charge in [-0.3, -0.25) is 4.98 Å². The number of anilines is 1. The second-order valence-electron chi connectivity index (χ2n) is 3.70. The molecule has 0 aliphatic rings. The molecule has 0 atom stereocenters. The Kier molecular flexibility index (Phi) is 3.50. The van der Waals surface area contributed by atoms with Crippen molar-refractivity contribution in [3.8, 4) is 16.9 Å². The van der Waals surface area contributed by atoms with Crippen molar-refractivity contribution in [3.63, 3.8) is 0 Å². The number of nitrogens with one attached hydrogen (secondary N) is 1. The maximum absolute atomic E-state index is 12.0. The molecule has 2 aromatic rings. The predicted molar refractivity (Wildman–Crippen MR) is 61.5 cm³/mol. The lowest BCUT2D eigenvalue weighted by molar-refractivity contribution is -0.115. The SMILES string of the molecule is Oc1cncc(-c2cnc(NCC(F)(F)F)nc2)c1. The van der Waals surface area contributed by atoms with Crippen LogP contribution >= 0.6 is 0 Å². The van der Waals surface area contributed by atoms with Crippen molar-refractivity contribution in [2.24, 2.45) is 0 Å². The van der Waals surface area contributed by atoms with Gasteiger partial charge in [0.2, 0.25) is 5.95 Å². The zero-order valence-electron chi connectivity index (χ0n) is 9.52. The normalized spacial score (nSPS) is 11.3. The lowest BCUT2D eigenvalue weighted by Crippen LogP contribution is -2.22. The Morgan fingerprint density at radius 2 is 1.74 bits per heavy atom. The van der Waals surface area contributed by atoms with Crippen LogP contribution < -0.4 is 5.32 Å². The molecule has 100 valence electrons. The fraction of sp³-hybridized carbons (Fsp3) is 0.182. The van der Waals surface area contributed by atoms with E-state index in [1.807, 2.05) is 0 Å². The molecule has 2 aromatic heterocycles. The third-order valence-electron chi connectivity index (χ3n) is 2.16. The summed E-state index contributed by atoms with van der Waals surface area (Å²) in [6.07, 6.45) is 1.13. The van der Waals surface area contributed by atoms with E-state index in [-0.39, 0.29) is 11.7 Å². The van der Waals surface area contributed by atoms with Crippen molar-refractivity contribution in [1.29, 1.82) is 0 Å². The molecule has 19 heavy (non-hydrogen) atoms. The van der Waals surface area contributed by atoms with Crippen LogP contribution in [-0.4, -0.2) is 32.8 Å². The Hall–Kier alpha value is -2.38. The Balaban J connectivity index is 2.10. The van der Waals surface area contributed by atoms with Crippen LogP contribution in [0, 0.1) is 0 Å². The van der Waals surface area contributed by atoms with E-state index in [0.717, 1.165) is 0 Å². The molecular weight excluding hydrogens is 261 g/mol. The van der Waals surface area contributed by atoms with Crippen LogP contribution in [0.25, 0.3) is 11.1 Å². The van der Waals surface area contributed by atoms with Gasteiger partial charge in [0.1, 0.15) is 12.3 Å².